The number of hydrogen-bond donors (Lipinski definition) is 4. The largest absolute Gasteiger partial charge is 0.496 e. The molecule has 1 aromatic carbocycles. The van der Waals surface area contributed by atoms with Gasteiger partial charge in [-0.2, -0.15) is 5.26 Å². The van der Waals surface area contributed by atoms with E-state index in [-0.39, 0.29) is 65.0 Å². The van der Waals surface area contributed by atoms with Crippen LogP contribution in [-0.4, -0.2) is 59.4 Å². The molecule has 0 aliphatic heterocycles. The maximum absolute atomic E-state index is 13.8. The topological polar surface area (TPSA) is 158 Å². The molecule has 4 fully saturated rings. The first-order valence-electron chi connectivity index (χ1n) is 15.9. The average molecular weight is 596 g/mol. The summed E-state index contributed by atoms with van der Waals surface area (Å²) in [7, 11) is 1.44. The number of aliphatic hydroxyl groups is 1. The summed E-state index contributed by atoms with van der Waals surface area (Å²) in [6.07, 6.45) is 9.97. The van der Waals surface area contributed by atoms with Crippen LogP contribution in [0.3, 0.4) is 0 Å². The maximum atomic E-state index is 13.8. The third-order valence-corrected chi connectivity index (χ3v) is 10.7. The Bertz CT molecular complexity index is 1260. The van der Waals surface area contributed by atoms with Gasteiger partial charge in [-0.25, -0.2) is 0 Å². The van der Waals surface area contributed by atoms with Crippen LogP contribution in [0, 0.1) is 34.5 Å². The second-order valence-electron chi connectivity index (χ2n) is 13.6. The summed E-state index contributed by atoms with van der Waals surface area (Å²) in [4.78, 5) is 38.9. The standard InChI is InChI=1S/C33H45N3O7/c1-32(31(39)40)13-9-23(10-14-32)43-25-17-24(26(42-2)16-22(25)18-34)29(37)36-28-21-8-7-20(15-21)27(28)30(38)35-19-33(41)11-5-3-4-6-12-33/h16-17,20-21,23,27-28,41H,3-15,19H2,1-2H3,(H,35,38)(H,36,37)(H,39,40)/t20-,21+,23?,27+,28-,32?/m1/s1. The van der Waals surface area contributed by atoms with Gasteiger partial charge in [0.2, 0.25) is 5.91 Å². The average Bonchev–Trinajstić information content (AvgIpc) is 3.53. The number of nitriles is 1. The lowest BCUT2D eigenvalue weighted by atomic mass is 9.75. The Morgan fingerprint density at radius 3 is 2.30 bits per heavy atom. The number of carboxylic acids is 1. The van der Waals surface area contributed by atoms with E-state index in [4.69, 9.17) is 9.47 Å². The Morgan fingerprint density at radius 2 is 1.67 bits per heavy atom. The Labute approximate surface area is 253 Å². The Morgan fingerprint density at radius 1 is 1.00 bits per heavy atom. The van der Waals surface area contributed by atoms with Gasteiger partial charge >= 0.3 is 5.97 Å². The summed E-state index contributed by atoms with van der Waals surface area (Å²) in [6, 6.07) is 4.80. The predicted molar refractivity (Wildman–Crippen MR) is 158 cm³/mol. The van der Waals surface area contributed by atoms with Crippen molar-refractivity contribution < 1.29 is 34.1 Å². The Hall–Kier alpha value is -3.32. The monoisotopic (exact) mass is 595 g/mol. The zero-order valence-electron chi connectivity index (χ0n) is 25.3. The highest BCUT2D eigenvalue weighted by Gasteiger charge is 2.51. The van der Waals surface area contributed by atoms with Gasteiger partial charge in [-0.05, 0) is 82.6 Å². The number of aliphatic carboxylic acids is 1. The number of nitrogens with zero attached hydrogens (tertiary/aromatic N) is 1. The highest BCUT2D eigenvalue weighted by atomic mass is 16.5. The molecule has 4 aliphatic carbocycles. The fraction of sp³-hybridized carbons (Fsp3) is 0.697. The zero-order chi connectivity index (χ0) is 30.8. The number of rotatable bonds is 9. The van der Waals surface area contributed by atoms with Gasteiger partial charge in [0.1, 0.15) is 17.6 Å². The fourth-order valence-corrected chi connectivity index (χ4v) is 7.87. The number of methoxy groups -OCH3 is 1. The molecule has 234 valence electrons. The van der Waals surface area contributed by atoms with E-state index in [1.54, 1.807) is 6.92 Å². The molecule has 4 saturated carbocycles. The van der Waals surface area contributed by atoms with E-state index >= 15 is 0 Å². The van der Waals surface area contributed by atoms with Crippen molar-refractivity contribution in [3.8, 4) is 17.6 Å². The summed E-state index contributed by atoms with van der Waals surface area (Å²) >= 11 is 0. The molecule has 4 atom stereocenters. The lowest BCUT2D eigenvalue weighted by Gasteiger charge is -2.34. The van der Waals surface area contributed by atoms with Gasteiger partial charge < -0.3 is 30.3 Å². The molecule has 0 heterocycles. The van der Waals surface area contributed by atoms with E-state index in [1.807, 2.05) is 0 Å². The second-order valence-corrected chi connectivity index (χ2v) is 13.6. The van der Waals surface area contributed by atoms with E-state index in [9.17, 15) is 29.9 Å². The van der Waals surface area contributed by atoms with Crippen molar-refractivity contribution in [2.75, 3.05) is 13.7 Å². The lowest BCUT2D eigenvalue weighted by molar-refractivity contribution is -0.150. The molecule has 43 heavy (non-hydrogen) atoms. The number of carbonyl (C=O) groups is 3. The molecule has 4 aliphatic rings. The van der Waals surface area contributed by atoms with Gasteiger partial charge in [-0.1, -0.05) is 25.7 Å². The van der Waals surface area contributed by atoms with E-state index in [0.717, 1.165) is 44.9 Å². The second kappa shape index (κ2) is 12.7. The van der Waals surface area contributed by atoms with Crippen molar-refractivity contribution in [1.82, 2.24) is 10.6 Å². The number of carbonyl (C=O) groups excluding carboxylic acids is 2. The van der Waals surface area contributed by atoms with Crippen LogP contribution in [0.5, 0.6) is 11.5 Å². The minimum atomic E-state index is -0.876. The van der Waals surface area contributed by atoms with Crippen LogP contribution in [0.25, 0.3) is 0 Å². The van der Waals surface area contributed by atoms with E-state index < -0.39 is 22.9 Å². The lowest BCUT2D eigenvalue weighted by Crippen LogP contribution is -2.52. The SMILES string of the molecule is COc1cc(C#N)c(OC2CCC(C)(C(=O)O)CC2)cc1C(=O)N[C@@H]1[C@H]2CC[C@H](C2)[C@@H]1C(=O)NCC1(O)CCCCCC1. The third-order valence-electron chi connectivity index (χ3n) is 10.7. The van der Waals surface area contributed by atoms with Crippen LogP contribution < -0.4 is 20.1 Å². The van der Waals surface area contributed by atoms with Crippen molar-refractivity contribution in [3.63, 3.8) is 0 Å². The molecule has 0 saturated heterocycles. The van der Waals surface area contributed by atoms with Gasteiger partial charge in [-0.3, -0.25) is 14.4 Å². The third kappa shape index (κ3) is 6.62. The van der Waals surface area contributed by atoms with Gasteiger partial charge in [0.05, 0.1) is 41.3 Å². The van der Waals surface area contributed by atoms with Crippen LogP contribution in [0.2, 0.25) is 0 Å². The molecule has 1 aromatic rings. The van der Waals surface area contributed by atoms with Crippen molar-refractivity contribution in [3.05, 3.63) is 23.3 Å². The molecular formula is C33H45N3O7. The quantitative estimate of drug-likeness (QED) is 0.307. The molecule has 4 N–H and O–H groups in total. The van der Waals surface area contributed by atoms with Crippen LogP contribution in [-0.2, 0) is 9.59 Å². The molecule has 0 radical (unpaired) electrons. The number of benzene rings is 1. The van der Waals surface area contributed by atoms with Gasteiger partial charge in [0.15, 0.2) is 0 Å². The normalized spacial score (nSPS) is 31.3. The first-order valence-corrected chi connectivity index (χ1v) is 15.9. The number of nitrogens with one attached hydrogen (secondary N) is 2. The zero-order valence-corrected chi connectivity index (χ0v) is 25.3. The Kier molecular flexibility index (Phi) is 9.21. The summed E-state index contributed by atoms with van der Waals surface area (Å²) < 4.78 is 11.7. The van der Waals surface area contributed by atoms with E-state index in [2.05, 4.69) is 16.7 Å². The summed E-state index contributed by atoms with van der Waals surface area (Å²) in [5.74, 6) is -0.828. The summed E-state index contributed by atoms with van der Waals surface area (Å²) in [6.45, 7) is 1.97. The fourth-order valence-electron chi connectivity index (χ4n) is 7.87. The number of hydrogen-bond acceptors (Lipinski definition) is 7. The molecule has 2 bridgehead atoms. The first kappa shape index (κ1) is 31.1. The predicted octanol–water partition coefficient (Wildman–Crippen LogP) is 4.33. The smallest absolute Gasteiger partial charge is 0.309 e. The van der Waals surface area contributed by atoms with Crippen molar-refractivity contribution >= 4 is 17.8 Å². The van der Waals surface area contributed by atoms with Crippen molar-refractivity contribution in [1.29, 1.82) is 5.26 Å². The van der Waals surface area contributed by atoms with Gasteiger partial charge in [0.25, 0.3) is 5.91 Å². The van der Waals surface area contributed by atoms with Gasteiger partial charge in [0, 0.05) is 18.7 Å². The molecule has 0 spiro atoms. The molecular weight excluding hydrogens is 550 g/mol. The number of ether oxygens (including phenoxy) is 2. The minimum Gasteiger partial charge on any atom is -0.496 e. The van der Waals surface area contributed by atoms with Crippen molar-refractivity contribution in [2.45, 2.75) is 108 Å². The molecule has 0 aromatic heterocycles. The summed E-state index contributed by atoms with van der Waals surface area (Å²) in [5.41, 5.74) is -1.22. The minimum absolute atomic E-state index is 0.114. The van der Waals surface area contributed by atoms with E-state index in [1.165, 1.54) is 19.2 Å². The molecule has 5 rings (SSSR count). The molecule has 10 heteroatoms. The molecule has 2 amide bonds. The van der Waals surface area contributed by atoms with Crippen LogP contribution in [0.4, 0.5) is 0 Å². The van der Waals surface area contributed by atoms with Crippen LogP contribution in [0.15, 0.2) is 12.1 Å². The Balaban J connectivity index is 1.29. The van der Waals surface area contributed by atoms with Crippen LogP contribution >= 0.6 is 0 Å². The molecule has 0 unspecified atom stereocenters. The van der Waals surface area contributed by atoms with Gasteiger partial charge in [-0.15, -0.1) is 0 Å². The highest BCUT2D eigenvalue weighted by Crippen LogP contribution is 2.49. The number of carboxylic acid groups (broad SMARTS) is 1. The van der Waals surface area contributed by atoms with Crippen LogP contribution in [0.1, 0.15) is 106 Å². The molecule has 10 nitrogen and oxygen atoms in total. The van der Waals surface area contributed by atoms with Crippen molar-refractivity contribution in [2.24, 2.45) is 23.2 Å². The maximum Gasteiger partial charge on any atom is 0.309 e. The first-order chi connectivity index (χ1) is 20.6. The van der Waals surface area contributed by atoms with E-state index in [0.29, 0.717) is 38.5 Å². The number of fused-ring (bicyclic) bond motifs is 2. The summed E-state index contributed by atoms with van der Waals surface area (Å²) in [5, 5.41) is 36.6. The highest BCUT2D eigenvalue weighted by molar-refractivity contribution is 5.98. The number of amides is 2.